The Kier molecular flexibility index (Phi) is 4.09. The highest BCUT2D eigenvalue weighted by molar-refractivity contribution is 5.95. The van der Waals surface area contributed by atoms with E-state index < -0.39 is 11.6 Å². The van der Waals surface area contributed by atoms with E-state index in [-0.39, 0.29) is 11.3 Å². The van der Waals surface area contributed by atoms with Crippen molar-refractivity contribution in [1.29, 1.82) is 0 Å². The SMILES string of the molecule is Cn1cc(-c2cc(N)ccc2Oc2ccc(F)cc2F)c2nn(C3CC3)cc2c1=O. The van der Waals surface area contributed by atoms with Crippen LogP contribution in [0.5, 0.6) is 11.5 Å². The lowest BCUT2D eigenvalue weighted by molar-refractivity contribution is 0.439. The van der Waals surface area contributed by atoms with Crippen LogP contribution in [-0.4, -0.2) is 14.3 Å². The summed E-state index contributed by atoms with van der Waals surface area (Å²) in [5, 5.41) is 5.13. The van der Waals surface area contributed by atoms with E-state index in [1.54, 1.807) is 37.6 Å². The fourth-order valence-electron chi connectivity index (χ4n) is 3.50. The number of hydrogen-bond acceptors (Lipinski definition) is 4. The van der Waals surface area contributed by atoms with Gasteiger partial charge in [-0.2, -0.15) is 5.10 Å². The van der Waals surface area contributed by atoms with Gasteiger partial charge in [0.05, 0.1) is 11.4 Å². The second-order valence-electron chi connectivity index (χ2n) is 7.49. The molecule has 4 aromatic rings. The molecule has 8 heteroatoms. The van der Waals surface area contributed by atoms with Gasteiger partial charge in [-0.05, 0) is 43.2 Å². The summed E-state index contributed by atoms with van der Waals surface area (Å²) in [6.45, 7) is 0. The zero-order chi connectivity index (χ0) is 21.0. The minimum absolute atomic E-state index is 0.119. The third kappa shape index (κ3) is 3.10. The molecule has 5 rings (SSSR count). The summed E-state index contributed by atoms with van der Waals surface area (Å²) in [6.07, 6.45) is 5.49. The minimum Gasteiger partial charge on any atom is -0.454 e. The van der Waals surface area contributed by atoms with Crippen LogP contribution in [0.2, 0.25) is 0 Å². The largest absolute Gasteiger partial charge is 0.454 e. The predicted molar refractivity (Wildman–Crippen MR) is 110 cm³/mol. The number of rotatable bonds is 4. The quantitative estimate of drug-likeness (QED) is 0.508. The van der Waals surface area contributed by atoms with E-state index in [4.69, 9.17) is 10.5 Å². The van der Waals surface area contributed by atoms with Crippen LogP contribution in [0.3, 0.4) is 0 Å². The van der Waals surface area contributed by atoms with Gasteiger partial charge >= 0.3 is 0 Å². The first-order valence-electron chi connectivity index (χ1n) is 9.52. The van der Waals surface area contributed by atoms with Crippen molar-refractivity contribution in [2.45, 2.75) is 18.9 Å². The highest BCUT2D eigenvalue weighted by atomic mass is 19.1. The maximum absolute atomic E-state index is 14.2. The summed E-state index contributed by atoms with van der Waals surface area (Å²) in [6, 6.07) is 8.34. The number of anilines is 1. The zero-order valence-corrected chi connectivity index (χ0v) is 16.1. The number of hydrogen-bond donors (Lipinski definition) is 1. The second kappa shape index (κ2) is 6.69. The van der Waals surface area contributed by atoms with Gasteiger partial charge in [0, 0.05) is 42.3 Å². The number of nitrogen functional groups attached to an aromatic ring is 1. The molecule has 2 aromatic heterocycles. The van der Waals surface area contributed by atoms with Crippen molar-refractivity contribution in [2.75, 3.05) is 5.73 Å². The average molecular weight is 408 g/mol. The Morgan fingerprint density at radius 1 is 1.07 bits per heavy atom. The van der Waals surface area contributed by atoms with Crippen LogP contribution in [0.25, 0.3) is 22.0 Å². The molecule has 1 aliphatic rings. The molecule has 30 heavy (non-hydrogen) atoms. The summed E-state index contributed by atoms with van der Waals surface area (Å²) in [5.74, 6) is -1.31. The maximum Gasteiger partial charge on any atom is 0.261 e. The van der Waals surface area contributed by atoms with Crippen molar-refractivity contribution in [3.63, 3.8) is 0 Å². The molecular formula is C22H18F2N4O2. The number of pyridine rings is 1. The summed E-state index contributed by atoms with van der Waals surface area (Å²) in [4.78, 5) is 12.7. The van der Waals surface area contributed by atoms with Crippen molar-refractivity contribution in [1.82, 2.24) is 14.3 Å². The molecule has 0 amide bonds. The van der Waals surface area contributed by atoms with Crippen LogP contribution in [-0.2, 0) is 7.05 Å². The summed E-state index contributed by atoms with van der Waals surface area (Å²) < 4.78 is 36.5. The van der Waals surface area contributed by atoms with Crippen LogP contribution in [0.1, 0.15) is 18.9 Å². The summed E-state index contributed by atoms with van der Waals surface area (Å²) in [5.41, 5.74) is 8.05. The first-order chi connectivity index (χ1) is 14.4. The number of aromatic nitrogens is 3. The minimum atomic E-state index is -0.818. The van der Waals surface area contributed by atoms with Crippen molar-refractivity contribution in [3.05, 3.63) is 70.8 Å². The van der Waals surface area contributed by atoms with Crippen LogP contribution >= 0.6 is 0 Å². The van der Waals surface area contributed by atoms with Gasteiger partial charge in [0.1, 0.15) is 17.1 Å². The van der Waals surface area contributed by atoms with E-state index in [1.807, 2.05) is 4.68 Å². The molecule has 0 radical (unpaired) electrons. The smallest absolute Gasteiger partial charge is 0.261 e. The molecule has 6 nitrogen and oxygen atoms in total. The Labute approximate surface area is 170 Å². The van der Waals surface area contributed by atoms with Crippen LogP contribution in [0, 0.1) is 11.6 Å². The van der Waals surface area contributed by atoms with Crippen LogP contribution in [0.15, 0.2) is 53.6 Å². The van der Waals surface area contributed by atoms with E-state index in [0.29, 0.717) is 39.5 Å². The molecule has 0 spiro atoms. The summed E-state index contributed by atoms with van der Waals surface area (Å²) >= 11 is 0. The maximum atomic E-state index is 14.2. The highest BCUT2D eigenvalue weighted by Gasteiger charge is 2.26. The standard InChI is InChI=1S/C22H18F2N4O2/c1-27-10-16(21-17(22(27)29)11-28(26-21)14-4-5-14)15-9-13(25)3-7-19(15)30-20-6-2-12(23)8-18(20)24/h2-3,6-11,14H,4-5,25H2,1H3. The topological polar surface area (TPSA) is 75.1 Å². The molecule has 0 aliphatic heterocycles. The van der Waals surface area contributed by atoms with E-state index in [1.165, 1.54) is 10.6 Å². The van der Waals surface area contributed by atoms with E-state index in [2.05, 4.69) is 5.10 Å². The van der Waals surface area contributed by atoms with Gasteiger partial charge in [-0.3, -0.25) is 9.48 Å². The predicted octanol–water partition coefficient (Wildman–Crippen LogP) is 4.39. The lowest BCUT2D eigenvalue weighted by Gasteiger charge is -2.14. The molecule has 2 N–H and O–H groups in total. The van der Waals surface area contributed by atoms with Gasteiger partial charge in [-0.15, -0.1) is 0 Å². The van der Waals surface area contributed by atoms with Crippen molar-refractivity contribution >= 4 is 16.6 Å². The fraction of sp³-hybridized carbons (Fsp3) is 0.182. The van der Waals surface area contributed by atoms with Crippen molar-refractivity contribution in [3.8, 4) is 22.6 Å². The second-order valence-corrected chi connectivity index (χ2v) is 7.49. The average Bonchev–Trinajstić information content (AvgIpc) is 3.46. The van der Waals surface area contributed by atoms with Crippen molar-refractivity contribution < 1.29 is 13.5 Å². The Balaban J connectivity index is 1.70. The number of nitrogens with zero attached hydrogens (tertiary/aromatic N) is 3. The number of benzene rings is 2. The molecule has 2 aromatic carbocycles. The third-order valence-electron chi connectivity index (χ3n) is 5.19. The third-order valence-corrected chi connectivity index (χ3v) is 5.19. The molecule has 2 heterocycles. The summed E-state index contributed by atoms with van der Waals surface area (Å²) in [7, 11) is 1.66. The van der Waals surface area contributed by atoms with Crippen LogP contribution < -0.4 is 16.0 Å². The Morgan fingerprint density at radius 3 is 2.57 bits per heavy atom. The van der Waals surface area contributed by atoms with Crippen LogP contribution in [0.4, 0.5) is 14.5 Å². The first kappa shape index (κ1) is 18.4. The Hall–Kier alpha value is -3.68. The normalized spacial score (nSPS) is 13.7. The molecular weight excluding hydrogens is 390 g/mol. The number of nitrogens with two attached hydrogens (primary N) is 1. The lowest BCUT2D eigenvalue weighted by atomic mass is 10.0. The molecule has 1 fully saturated rings. The molecule has 0 atom stereocenters. The van der Waals surface area contributed by atoms with Gasteiger partial charge in [-0.25, -0.2) is 8.78 Å². The number of halogens is 2. The fourth-order valence-corrected chi connectivity index (χ4v) is 3.50. The highest BCUT2D eigenvalue weighted by Crippen LogP contribution is 2.40. The first-order valence-corrected chi connectivity index (χ1v) is 9.52. The monoisotopic (exact) mass is 408 g/mol. The Morgan fingerprint density at radius 2 is 1.83 bits per heavy atom. The van der Waals surface area contributed by atoms with Gasteiger partial charge < -0.3 is 15.0 Å². The molecule has 0 unspecified atom stereocenters. The molecule has 1 saturated carbocycles. The Bertz CT molecular complexity index is 1360. The number of ether oxygens (including phenoxy) is 1. The van der Waals surface area contributed by atoms with Gasteiger partial charge in [-0.1, -0.05) is 0 Å². The van der Waals surface area contributed by atoms with Gasteiger partial charge in [0.2, 0.25) is 0 Å². The molecule has 1 aliphatic carbocycles. The zero-order valence-electron chi connectivity index (χ0n) is 16.1. The van der Waals surface area contributed by atoms with Gasteiger partial charge in [0.15, 0.2) is 11.6 Å². The van der Waals surface area contributed by atoms with Gasteiger partial charge in [0.25, 0.3) is 5.56 Å². The lowest BCUT2D eigenvalue weighted by Crippen LogP contribution is -2.16. The molecule has 0 bridgehead atoms. The molecule has 152 valence electrons. The number of aryl methyl sites for hydroxylation is 1. The van der Waals surface area contributed by atoms with E-state index >= 15 is 0 Å². The molecule has 0 saturated heterocycles. The van der Waals surface area contributed by atoms with Crippen molar-refractivity contribution in [2.24, 2.45) is 7.05 Å². The van der Waals surface area contributed by atoms with E-state index in [9.17, 15) is 13.6 Å². The van der Waals surface area contributed by atoms with E-state index in [0.717, 1.165) is 25.0 Å². The number of fused-ring (bicyclic) bond motifs is 1.